The Bertz CT molecular complexity index is 867. The van der Waals surface area contributed by atoms with E-state index in [-0.39, 0.29) is 12.0 Å². The summed E-state index contributed by atoms with van der Waals surface area (Å²) in [5, 5.41) is 10.8. The summed E-state index contributed by atoms with van der Waals surface area (Å²) in [6.45, 7) is 0.382. The topological polar surface area (TPSA) is 70.5 Å². The highest BCUT2D eigenvalue weighted by Gasteiger charge is 2.51. The Kier molecular flexibility index (Phi) is 5.80. The number of benzene rings is 1. The van der Waals surface area contributed by atoms with Crippen LogP contribution in [0.3, 0.4) is 0 Å². The van der Waals surface area contributed by atoms with Crippen LogP contribution in [-0.4, -0.2) is 41.5 Å². The van der Waals surface area contributed by atoms with Crippen LogP contribution in [0.15, 0.2) is 59.6 Å². The molecule has 0 amide bonds. The number of pyridine rings is 1. The van der Waals surface area contributed by atoms with Crippen LogP contribution in [-0.2, 0) is 16.4 Å². The standard InChI is InChI=1S/C22H28N2O3S/c25-22(17-8-4-5-9-17)20-16-21(20)24(15-13-18-10-6-7-14-23-18)28(26,27)19-11-2-1-3-12-19/h1-3,6-7,10-12,14,17,20-22,25H,4-5,8-9,13,15-16H2. The normalized spacial score (nSPS) is 23.8. The van der Waals surface area contributed by atoms with E-state index >= 15 is 0 Å². The van der Waals surface area contributed by atoms with E-state index in [0.29, 0.717) is 23.8 Å². The predicted octanol–water partition coefficient (Wildman–Crippen LogP) is 3.25. The van der Waals surface area contributed by atoms with Gasteiger partial charge in [0.2, 0.25) is 10.0 Å². The second-order valence-electron chi connectivity index (χ2n) is 8.00. The maximum Gasteiger partial charge on any atom is 0.243 e. The highest BCUT2D eigenvalue weighted by atomic mass is 32.2. The van der Waals surface area contributed by atoms with E-state index in [1.165, 1.54) is 12.8 Å². The Labute approximate surface area is 167 Å². The zero-order valence-electron chi connectivity index (χ0n) is 16.0. The first-order valence-corrected chi connectivity index (χ1v) is 11.7. The average molecular weight is 401 g/mol. The Balaban J connectivity index is 1.54. The Morgan fingerprint density at radius 2 is 1.79 bits per heavy atom. The van der Waals surface area contributed by atoms with Crippen molar-refractivity contribution in [2.45, 2.75) is 55.6 Å². The van der Waals surface area contributed by atoms with Gasteiger partial charge in [-0.3, -0.25) is 4.98 Å². The van der Waals surface area contributed by atoms with Gasteiger partial charge in [-0.05, 0) is 49.4 Å². The smallest absolute Gasteiger partial charge is 0.243 e. The molecule has 2 fully saturated rings. The van der Waals surface area contributed by atoms with Crippen molar-refractivity contribution >= 4 is 10.0 Å². The van der Waals surface area contributed by atoms with Crippen LogP contribution < -0.4 is 0 Å². The number of hydrogen-bond acceptors (Lipinski definition) is 4. The summed E-state index contributed by atoms with van der Waals surface area (Å²) in [4.78, 5) is 4.65. The summed E-state index contributed by atoms with van der Waals surface area (Å²) in [6, 6.07) is 14.2. The Morgan fingerprint density at radius 3 is 2.46 bits per heavy atom. The second kappa shape index (κ2) is 8.31. The van der Waals surface area contributed by atoms with Gasteiger partial charge in [-0.25, -0.2) is 8.42 Å². The summed E-state index contributed by atoms with van der Waals surface area (Å²) in [5.41, 5.74) is 0.879. The van der Waals surface area contributed by atoms with Gasteiger partial charge in [-0.1, -0.05) is 37.1 Å². The lowest BCUT2D eigenvalue weighted by Gasteiger charge is -2.25. The lowest BCUT2D eigenvalue weighted by molar-refractivity contribution is 0.0823. The number of aliphatic hydroxyl groups excluding tert-OH is 1. The monoisotopic (exact) mass is 400 g/mol. The molecule has 2 aliphatic rings. The molecule has 150 valence electrons. The molecule has 0 radical (unpaired) electrons. The number of aliphatic hydroxyl groups is 1. The number of sulfonamides is 1. The van der Waals surface area contributed by atoms with E-state index < -0.39 is 16.1 Å². The molecular weight excluding hydrogens is 372 g/mol. The van der Waals surface area contributed by atoms with Crippen molar-refractivity contribution in [3.8, 4) is 0 Å². The SMILES string of the molecule is O=S(=O)(c1ccccc1)N(CCc1ccccn1)C1CC1C(O)C1CCCC1. The van der Waals surface area contributed by atoms with Crippen LogP contribution in [0, 0.1) is 11.8 Å². The highest BCUT2D eigenvalue weighted by molar-refractivity contribution is 7.89. The number of rotatable bonds is 8. The number of nitrogens with zero attached hydrogens (tertiary/aromatic N) is 2. The molecule has 0 saturated heterocycles. The molecule has 2 aliphatic carbocycles. The maximum absolute atomic E-state index is 13.3. The Morgan fingerprint density at radius 1 is 1.07 bits per heavy atom. The van der Waals surface area contributed by atoms with Crippen molar-refractivity contribution in [3.05, 3.63) is 60.4 Å². The van der Waals surface area contributed by atoms with E-state index in [2.05, 4.69) is 4.98 Å². The van der Waals surface area contributed by atoms with Gasteiger partial charge in [0.15, 0.2) is 0 Å². The molecule has 6 heteroatoms. The molecule has 2 aromatic rings. The van der Waals surface area contributed by atoms with Crippen molar-refractivity contribution in [1.82, 2.24) is 9.29 Å². The van der Waals surface area contributed by atoms with Crippen LogP contribution in [0.4, 0.5) is 0 Å². The van der Waals surface area contributed by atoms with Crippen molar-refractivity contribution in [1.29, 1.82) is 0 Å². The third-order valence-electron chi connectivity index (χ3n) is 6.16. The van der Waals surface area contributed by atoms with Gasteiger partial charge in [0.25, 0.3) is 0 Å². The molecule has 1 aromatic heterocycles. The van der Waals surface area contributed by atoms with Gasteiger partial charge in [0.05, 0.1) is 11.0 Å². The van der Waals surface area contributed by atoms with Gasteiger partial charge in [-0.2, -0.15) is 4.31 Å². The van der Waals surface area contributed by atoms with Gasteiger partial charge in [-0.15, -0.1) is 0 Å². The van der Waals surface area contributed by atoms with Crippen molar-refractivity contribution < 1.29 is 13.5 Å². The maximum atomic E-state index is 13.3. The van der Waals surface area contributed by atoms with Crippen LogP contribution in [0.1, 0.15) is 37.8 Å². The number of hydrogen-bond donors (Lipinski definition) is 1. The largest absolute Gasteiger partial charge is 0.392 e. The first-order valence-electron chi connectivity index (χ1n) is 10.2. The van der Waals surface area contributed by atoms with E-state index in [1.807, 2.05) is 24.3 Å². The van der Waals surface area contributed by atoms with E-state index in [1.54, 1.807) is 34.8 Å². The molecule has 28 heavy (non-hydrogen) atoms. The quantitative estimate of drug-likeness (QED) is 0.738. The molecule has 3 atom stereocenters. The van der Waals surface area contributed by atoms with Gasteiger partial charge >= 0.3 is 0 Å². The summed E-state index contributed by atoms with van der Waals surface area (Å²) in [6.07, 6.45) is 7.11. The fourth-order valence-corrected chi connectivity index (χ4v) is 6.21. The highest BCUT2D eigenvalue weighted by Crippen LogP contribution is 2.45. The molecule has 5 nitrogen and oxygen atoms in total. The van der Waals surface area contributed by atoms with Crippen molar-refractivity contribution in [2.24, 2.45) is 11.8 Å². The van der Waals surface area contributed by atoms with E-state index in [4.69, 9.17) is 0 Å². The molecule has 3 unspecified atom stereocenters. The summed E-state index contributed by atoms with van der Waals surface area (Å²) >= 11 is 0. The molecule has 1 N–H and O–H groups in total. The number of aromatic nitrogens is 1. The summed E-state index contributed by atoms with van der Waals surface area (Å²) < 4.78 is 28.3. The van der Waals surface area contributed by atoms with Crippen LogP contribution in [0.5, 0.6) is 0 Å². The zero-order chi connectivity index (χ0) is 19.6. The van der Waals surface area contributed by atoms with Gasteiger partial charge in [0.1, 0.15) is 0 Å². The summed E-state index contributed by atoms with van der Waals surface area (Å²) in [7, 11) is -3.60. The minimum Gasteiger partial charge on any atom is -0.392 e. The first kappa shape index (κ1) is 19.6. The van der Waals surface area contributed by atoms with Crippen molar-refractivity contribution in [2.75, 3.05) is 6.54 Å². The third-order valence-corrected chi connectivity index (χ3v) is 8.10. The first-order chi connectivity index (χ1) is 13.6. The fraction of sp³-hybridized carbons (Fsp3) is 0.500. The minimum atomic E-state index is -3.60. The fourth-order valence-electron chi connectivity index (χ4n) is 4.51. The molecule has 0 spiro atoms. The third kappa shape index (κ3) is 4.14. The van der Waals surface area contributed by atoms with Gasteiger partial charge < -0.3 is 5.11 Å². The Hall–Kier alpha value is -1.76. The van der Waals surface area contributed by atoms with Gasteiger partial charge in [0, 0.05) is 36.8 Å². The average Bonchev–Trinajstić information content (AvgIpc) is 3.30. The predicted molar refractivity (Wildman–Crippen MR) is 108 cm³/mol. The molecule has 1 heterocycles. The zero-order valence-corrected chi connectivity index (χ0v) is 16.8. The molecule has 1 aromatic carbocycles. The lowest BCUT2D eigenvalue weighted by Crippen LogP contribution is -2.38. The molecule has 0 aliphatic heterocycles. The molecule has 4 rings (SSSR count). The molecule has 0 bridgehead atoms. The van der Waals surface area contributed by atoms with Crippen molar-refractivity contribution in [3.63, 3.8) is 0 Å². The lowest BCUT2D eigenvalue weighted by atomic mass is 9.97. The minimum absolute atomic E-state index is 0.0466. The summed E-state index contributed by atoms with van der Waals surface area (Å²) in [5.74, 6) is 0.373. The van der Waals surface area contributed by atoms with E-state index in [9.17, 15) is 13.5 Å². The van der Waals surface area contributed by atoms with Crippen LogP contribution >= 0.6 is 0 Å². The molecular formula is C22H28N2O3S. The van der Waals surface area contributed by atoms with E-state index in [0.717, 1.165) is 25.0 Å². The second-order valence-corrected chi connectivity index (χ2v) is 9.89. The van der Waals surface area contributed by atoms with Crippen LogP contribution in [0.2, 0.25) is 0 Å². The van der Waals surface area contributed by atoms with Crippen LogP contribution in [0.25, 0.3) is 0 Å². The molecule has 2 saturated carbocycles.